The SMILES string of the molecule is CC1=N[C@H]2C(O[C@H](CO)[C@@H](O)[C@@H]2[C@@H](C)C(=O)N[C@@H](C)C(=O)N[C@H](CCC(=O)O)C(=O)O)S1. The van der Waals surface area contributed by atoms with Crippen LogP contribution in [0.15, 0.2) is 4.99 Å². The van der Waals surface area contributed by atoms with Gasteiger partial charge in [0, 0.05) is 18.3 Å². The van der Waals surface area contributed by atoms with Crippen LogP contribution in [-0.2, 0) is 23.9 Å². The molecule has 6 N–H and O–H groups in total. The predicted molar refractivity (Wildman–Crippen MR) is 113 cm³/mol. The third kappa shape index (κ3) is 6.18. The normalized spacial score (nSPS) is 29.8. The van der Waals surface area contributed by atoms with Crippen molar-refractivity contribution in [2.45, 2.75) is 69.4 Å². The number of carbonyl (C=O) groups is 4. The van der Waals surface area contributed by atoms with Gasteiger partial charge in [-0.2, -0.15) is 0 Å². The highest BCUT2D eigenvalue weighted by Gasteiger charge is 2.51. The third-order valence-corrected chi connectivity index (χ3v) is 6.63. The number of rotatable bonds is 10. The zero-order valence-corrected chi connectivity index (χ0v) is 18.7. The van der Waals surface area contributed by atoms with E-state index in [1.54, 1.807) is 13.8 Å². The van der Waals surface area contributed by atoms with E-state index in [-0.39, 0.29) is 6.42 Å². The first-order valence-electron chi connectivity index (χ1n) is 10.2. The summed E-state index contributed by atoms with van der Waals surface area (Å²) >= 11 is 1.35. The number of aliphatic carboxylic acids is 2. The third-order valence-electron chi connectivity index (χ3n) is 5.56. The summed E-state index contributed by atoms with van der Waals surface area (Å²) in [5.74, 6) is -5.40. The molecule has 0 aromatic rings. The Kier molecular flexibility index (Phi) is 9.01. The second kappa shape index (κ2) is 11.1. The number of hydrogen-bond acceptors (Lipinski definition) is 9. The number of fused-ring (bicyclic) bond motifs is 1. The monoisotopic (exact) mass is 475 g/mol. The molecule has 0 aromatic heterocycles. The van der Waals surface area contributed by atoms with E-state index in [1.165, 1.54) is 18.7 Å². The van der Waals surface area contributed by atoms with Gasteiger partial charge in [-0.15, -0.1) is 0 Å². The summed E-state index contributed by atoms with van der Waals surface area (Å²) in [6.07, 6.45) is -2.78. The zero-order valence-electron chi connectivity index (χ0n) is 17.9. The van der Waals surface area contributed by atoms with Gasteiger partial charge in [0.05, 0.1) is 23.8 Å². The molecule has 0 saturated carbocycles. The lowest BCUT2D eigenvalue weighted by molar-refractivity contribution is -0.158. The summed E-state index contributed by atoms with van der Waals surface area (Å²) in [7, 11) is 0. The molecule has 0 spiro atoms. The van der Waals surface area contributed by atoms with E-state index in [1.807, 2.05) is 0 Å². The van der Waals surface area contributed by atoms with Crippen LogP contribution in [0.3, 0.4) is 0 Å². The van der Waals surface area contributed by atoms with Crippen molar-refractivity contribution >= 4 is 40.6 Å². The van der Waals surface area contributed by atoms with Gasteiger partial charge in [0.2, 0.25) is 11.8 Å². The number of carboxylic acid groups (broad SMARTS) is 2. The zero-order chi connectivity index (χ0) is 24.2. The van der Waals surface area contributed by atoms with Crippen molar-refractivity contribution in [3.05, 3.63) is 0 Å². The number of aliphatic hydroxyl groups excluding tert-OH is 2. The van der Waals surface area contributed by atoms with Gasteiger partial charge in [-0.25, -0.2) is 4.79 Å². The molecule has 12 nitrogen and oxygen atoms in total. The molecule has 2 heterocycles. The highest BCUT2D eigenvalue weighted by molar-refractivity contribution is 8.14. The maximum absolute atomic E-state index is 12.8. The van der Waals surface area contributed by atoms with Crippen molar-refractivity contribution in [1.29, 1.82) is 0 Å². The van der Waals surface area contributed by atoms with E-state index in [9.17, 15) is 34.5 Å². The molecule has 1 saturated heterocycles. The van der Waals surface area contributed by atoms with E-state index in [0.29, 0.717) is 0 Å². The van der Waals surface area contributed by atoms with E-state index < -0.39 is 84.4 Å². The predicted octanol–water partition coefficient (Wildman–Crippen LogP) is -1.21. The molecule has 1 fully saturated rings. The van der Waals surface area contributed by atoms with Crippen LogP contribution in [0, 0.1) is 11.8 Å². The van der Waals surface area contributed by atoms with Crippen molar-refractivity contribution in [3.63, 3.8) is 0 Å². The van der Waals surface area contributed by atoms with Crippen LogP contribution in [0.5, 0.6) is 0 Å². The molecule has 2 rings (SSSR count). The van der Waals surface area contributed by atoms with Crippen molar-refractivity contribution in [2.75, 3.05) is 6.61 Å². The molecule has 8 atom stereocenters. The van der Waals surface area contributed by atoms with Gasteiger partial charge < -0.3 is 35.8 Å². The second-order valence-corrected chi connectivity index (χ2v) is 9.19. The van der Waals surface area contributed by atoms with Crippen LogP contribution in [0.1, 0.15) is 33.6 Å². The quantitative estimate of drug-likeness (QED) is 0.223. The summed E-state index contributed by atoms with van der Waals surface area (Å²) in [5.41, 5.74) is -0.443. The standard InChI is InChI=1S/C19H29N3O9S/c1-7(13-14-19(32-9(3)21-14)31-11(6-23)15(13)26)16(27)20-8(2)17(28)22-10(18(29)30)4-5-12(24)25/h7-8,10-11,13-15,19,23,26H,4-6H2,1-3H3,(H,20,27)(H,22,28)(H,24,25)(H,29,30)/t7-,8+,10-,11-,13-,14-,15-,19?/m1/s1. The van der Waals surface area contributed by atoms with E-state index in [0.717, 1.165) is 5.04 Å². The fraction of sp³-hybridized carbons (Fsp3) is 0.737. The van der Waals surface area contributed by atoms with Crippen LogP contribution < -0.4 is 10.6 Å². The van der Waals surface area contributed by atoms with Gasteiger partial charge in [-0.3, -0.25) is 19.4 Å². The van der Waals surface area contributed by atoms with Gasteiger partial charge in [-0.05, 0) is 20.3 Å². The Morgan fingerprint density at radius 1 is 1.16 bits per heavy atom. The van der Waals surface area contributed by atoms with E-state index in [2.05, 4.69) is 15.6 Å². The van der Waals surface area contributed by atoms with Crippen molar-refractivity contribution < 1.29 is 44.3 Å². The first kappa shape index (κ1) is 26.0. The molecule has 1 unspecified atom stereocenters. The van der Waals surface area contributed by atoms with Gasteiger partial charge in [0.1, 0.15) is 23.6 Å². The average molecular weight is 476 g/mol. The summed E-state index contributed by atoms with van der Waals surface area (Å²) < 4.78 is 5.68. The van der Waals surface area contributed by atoms with Crippen LogP contribution in [-0.4, -0.2) is 91.6 Å². The fourth-order valence-electron chi connectivity index (χ4n) is 3.77. The Labute approximate surface area is 188 Å². The summed E-state index contributed by atoms with van der Waals surface area (Å²) in [6.45, 7) is 4.29. The Bertz CT molecular complexity index is 777. The molecule has 0 radical (unpaired) electrons. The Morgan fingerprint density at radius 2 is 1.81 bits per heavy atom. The molecule has 0 bridgehead atoms. The van der Waals surface area contributed by atoms with Crippen LogP contribution >= 0.6 is 11.8 Å². The molecule has 32 heavy (non-hydrogen) atoms. The minimum Gasteiger partial charge on any atom is -0.481 e. The van der Waals surface area contributed by atoms with Gasteiger partial charge in [0.25, 0.3) is 0 Å². The smallest absolute Gasteiger partial charge is 0.326 e. The summed E-state index contributed by atoms with van der Waals surface area (Å²) in [6, 6.07) is -3.03. The Morgan fingerprint density at radius 3 is 2.38 bits per heavy atom. The number of carbonyl (C=O) groups excluding carboxylic acids is 2. The van der Waals surface area contributed by atoms with Crippen molar-refractivity contribution in [3.8, 4) is 0 Å². The van der Waals surface area contributed by atoms with Crippen molar-refractivity contribution in [1.82, 2.24) is 10.6 Å². The molecule has 0 aromatic carbocycles. The number of aliphatic imine (C=N–C) groups is 1. The molecule has 0 aliphatic carbocycles. The number of nitrogens with one attached hydrogen (secondary N) is 2. The van der Waals surface area contributed by atoms with Crippen LogP contribution in [0.2, 0.25) is 0 Å². The first-order valence-corrected chi connectivity index (χ1v) is 11.0. The fourth-order valence-corrected chi connectivity index (χ4v) is 4.87. The molecule has 13 heteroatoms. The van der Waals surface area contributed by atoms with E-state index >= 15 is 0 Å². The molecule has 2 aliphatic rings. The van der Waals surface area contributed by atoms with Gasteiger partial charge >= 0.3 is 11.9 Å². The molecule has 2 amide bonds. The van der Waals surface area contributed by atoms with Crippen molar-refractivity contribution in [2.24, 2.45) is 16.8 Å². The number of nitrogens with zero attached hydrogens (tertiary/aromatic N) is 1. The van der Waals surface area contributed by atoms with Gasteiger partial charge in [0.15, 0.2) is 0 Å². The molecule has 180 valence electrons. The molecule has 2 aliphatic heterocycles. The minimum absolute atomic E-state index is 0.303. The highest BCUT2D eigenvalue weighted by atomic mass is 32.2. The number of amides is 2. The topological polar surface area (TPSA) is 195 Å². The highest BCUT2D eigenvalue weighted by Crippen LogP contribution is 2.42. The second-order valence-electron chi connectivity index (χ2n) is 7.90. The van der Waals surface area contributed by atoms with Crippen LogP contribution in [0.25, 0.3) is 0 Å². The van der Waals surface area contributed by atoms with Crippen LogP contribution in [0.4, 0.5) is 0 Å². The lowest BCUT2D eigenvalue weighted by Gasteiger charge is -2.42. The number of aliphatic hydroxyl groups is 2. The Balaban J connectivity index is 2.04. The average Bonchev–Trinajstić information content (AvgIpc) is 3.08. The number of ether oxygens (including phenoxy) is 1. The van der Waals surface area contributed by atoms with Gasteiger partial charge in [-0.1, -0.05) is 18.7 Å². The Hall–Kier alpha value is -2.22. The lowest BCUT2D eigenvalue weighted by atomic mass is 9.78. The lowest BCUT2D eigenvalue weighted by Crippen LogP contribution is -2.58. The number of thioether (sulfide) groups is 1. The molecular formula is C19H29N3O9S. The first-order chi connectivity index (χ1) is 15.0. The summed E-state index contributed by atoms with van der Waals surface area (Å²) in [5, 5.41) is 43.6. The maximum atomic E-state index is 12.8. The number of hydrogen-bond donors (Lipinski definition) is 6. The molecular weight excluding hydrogens is 446 g/mol. The largest absolute Gasteiger partial charge is 0.481 e. The maximum Gasteiger partial charge on any atom is 0.326 e. The van der Waals surface area contributed by atoms with E-state index in [4.69, 9.17) is 9.84 Å². The number of carboxylic acids is 2. The summed E-state index contributed by atoms with van der Waals surface area (Å²) in [4.78, 5) is 51.6. The minimum atomic E-state index is -1.41.